The number of non-ortho nitro benzene ring substituents is 1. The van der Waals surface area contributed by atoms with Gasteiger partial charge in [0, 0.05) is 24.2 Å². The SMILES string of the molecule is CC(C)(C)OC(=O)NC1CCC(Nc2ccc([N+](=O)[O-])cc2Cl)C1. The van der Waals surface area contributed by atoms with Gasteiger partial charge in [-0.3, -0.25) is 10.1 Å². The fraction of sp³-hybridized carbons (Fsp3) is 0.562. The molecule has 8 heteroatoms. The monoisotopic (exact) mass is 355 g/mol. The van der Waals surface area contributed by atoms with Crippen LogP contribution in [0.2, 0.25) is 5.02 Å². The quantitative estimate of drug-likeness (QED) is 0.626. The Kier molecular flexibility index (Phi) is 5.54. The third kappa shape index (κ3) is 5.26. The lowest BCUT2D eigenvalue weighted by Gasteiger charge is -2.22. The van der Waals surface area contributed by atoms with Crippen LogP contribution in [0.3, 0.4) is 0 Å². The molecule has 0 heterocycles. The molecule has 24 heavy (non-hydrogen) atoms. The molecule has 0 spiro atoms. The molecule has 1 aromatic rings. The molecule has 0 aromatic heterocycles. The highest BCUT2D eigenvalue weighted by Crippen LogP contribution is 2.30. The zero-order chi connectivity index (χ0) is 17.9. The minimum absolute atomic E-state index is 0.0363. The molecular formula is C16H22ClN3O4. The summed E-state index contributed by atoms with van der Waals surface area (Å²) in [5.74, 6) is 0. The molecule has 0 aliphatic heterocycles. The van der Waals surface area contributed by atoms with Gasteiger partial charge in [0.1, 0.15) is 5.60 Å². The van der Waals surface area contributed by atoms with Gasteiger partial charge in [0.2, 0.25) is 0 Å². The minimum atomic E-state index is -0.521. The number of carbonyl (C=O) groups is 1. The van der Waals surface area contributed by atoms with E-state index in [9.17, 15) is 14.9 Å². The predicted octanol–water partition coefficient (Wildman–Crippen LogP) is 4.11. The molecule has 1 aromatic carbocycles. The molecule has 0 saturated heterocycles. The first-order chi connectivity index (χ1) is 11.1. The van der Waals surface area contributed by atoms with Crippen molar-refractivity contribution in [2.75, 3.05) is 5.32 Å². The summed E-state index contributed by atoms with van der Waals surface area (Å²) < 4.78 is 5.25. The van der Waals surface area contributed by atoms with Crippen LogP contribution in [-0.4, -0.2) is 28.7 Å². The highest BCUT2D eigenvalue weighted by Gasteiger charge is 2.28. The van der Waals surface area contributed by atoms with Crippen molar-refractivity contribution in [3.8, 4) is 0 Å². The molecule has 2 N–H and O–H groups in total. The number of benzene rings is 1. The Bertz CT molecular complexity index is 630. The lowest BCUT2D eigenvalue weighted by atomic mass is 10.2. The fourth-order valence-corrected chi connectivity index (χ4v) is 2.90. The van der Waals surface area contributed by atoms with Crippen LogP contribution in [-0.2, 0) is 4.74 Å². The van der Waals surface area contributed by atoms with Gasteiger partial charge in [0.15, 0.2) is 0 Å². The molecule has 7 nitrogen and oxygen atoms in total. The van der Waals surface area contributed by atoms with Crippen LogP contribution in [0.15, 0.2) is 18.2 Å². The molecule has 1 aliphatic carbocycles. The van der Waals surface area contributed by atoms with Crippen molar-refractivity contribution in [2.24, 2.45) is 0 Å². The molecule has 0 bridgehead atoms. The molecule has 1 aliphatic rings. The summed E-state index contributed by atoms with van der Waals surface area (Å²) in [5, 5.41) is 17.2. The number of nitro benzene ring substituents is 1. The number of halogens is 1. The van der Waals surface area contributed by atoms with E-state index in [4.69, 9.17) is 16.3 Å². The fourth-order valence-electron chi connectivity index (χ4n) is 2.67. The van der Waals surface area contributed by atoms with Crippen molar-refractivity contribution in [3.05, 3.63) is 33.3 Å². The Labute approximate surface area is 145 Å². The van der Waals surface area contributed by atoms with Gasteiger partial charge in [-0.05, 0) is 46.1 Å². The summed E-state index contributed by atoms with van der Waals surface area (Å²) in [6.45, 7) is 5.46. The Morgan fingerprint density at radius 3 is 2.58 bits per heavy atom. The molecule has 1 saturated carbocycles. The van der Waals surface area contributed by atoms with E-state index >= 15 is 0 Å². The van der Waals surface area contributed by atoms with Crippen LogP contribution in [0.4, 0.5) is 16.2 Å². The van der Waals surface area contributed by atoms with E-state index < -0.39 is 16.6 Å². The van der Waals surface area contributed by atoms with Gasteiger partial charge in [-0.2, -0.15) is 0 Å². The molecule has 1 fully saturated rings. The maximum Gasteiger partial charge on any atom is 0.407 e. The third-order valence-electron chi connectivity index (χ3n) is 3.68. The van der Waals surface area contributed by atoms with Crippen molar-refractivity contribution in [2.45, 2.75) is 57.7 Å². The lowest BCUT2D eigenvalue weighted by molar-refractivity contribution is -0.384. The molecule has 0 radical (unpaired) electrons. The van der Waals surface area contributed by atoms with Gasteiger partial charge in [-0.1, -0.05) is 11.6 Å². The number of nitro groups is 1. The standard InChI is InChI=1S/C16H22ClN3O4/c1-16(2,3)24-15(21)19-11-5-4-10(8-11)18-14-7-6-12(20(22)23)9-13(14)17/h6-7,9-11,18H,4-5,8H2,1-3H3,(H,19,21). The Morgan fingerprint density at radius 2 is 2.00 bits per heavy atom. The van der Waals surface area contributed by atoms with Gasteiger partial charge >= 0.3 is 6.09 Å². The van der Waals surface area contributed by atoms with E-state index in [1.807, 2.05) is 20.8 Å². The van der Waals surface area contributed by atoms with Crippen molar-refractivity contribution in [1.29, 1.82) is 0 Å². The highest BCUT2D eigenvalue weighted by molar-refractivity contribution is 6.33. The average Bonchev–Trinajstić information content (AvgIpc) is 2.85. The van der Waals surface area contributed by atoms with Gasteiger partial charge in [-0.25, -0.2) is 4.79 Å². The summed E-state index contributed by atoms with van der Waals surface area (Å²) in [6, 6.07) is 4.53. The number of carbonyl (C=O) groups excluding carboxylic acids is 1. The zero-order valence-electron chi connectivity index (χ0n) is 14.0. The maximum absolute atomic E-state index is 11.8. The van der Waals surface area contributed by atoms with Crippen LogP contribution in [0.1, 0.15) is 40.0 Å². The maximum atomic E-state index is 11.8. The molecule has 132 valence electrons. The molecule has 1 amide bonds. The van der Waals surface area contributed by atoms with Crippen LogP contribution < -0.4 is 10.6 Å². The summed E-state index contributed by atoms with van der Waals surface area (Å²) >= 11 is 6.09. The highest BCUT2D eigenvalue weighted by atomic mass is 35.5. The van der Waals surface area contributed by atoms with Crippen molar-refractivity contribution >= 4 is 29.1 Å². The number of hydrogen-bond acceptors (Lipinski definition) is 5. The van der Waals surface area contributed by atoms with Gasteiger partial charge in [-0.15, -0.1) is 0 Å². The summed E-state index contributed by atoms with van der Waals surface area (Å²) in [4.78, 5) is 22.0. The topological polar surface area (TPSA) is 93.5 Å². The Balaban J connectivity index is 1.88. The number of alkyl carbamates (subject to hydrolysis) is 1. The summed E-state index contributed by atoms with van der Waals surface area (Å²) in [5.41, 5.74) is 0.0960. The zero-order valence-corrected chi connectivity index (χ0v) is 14.7. The number of ether oxygens (including phenoxy) is 1. The van der Waals surface area contributed by atoms with Crippen LogP contribution in [0.25, 0.3) is 0 Å². The summed E-state index contributed by atoms with van der Waals surface area (Å²) in [7, 11) is 0. The second-order valence-corrected chi connectivity index (χ2v) is 7.33. The van der Waals surface area contributed by atoms with E-state index in [0.29, 0.717) is 10.7 Å². The van der Waals surface area contributed by atoms with E-state index in [0.717, 1.165) is 19.3 Å². The first kappa shape index (κ1) is 18.3. The Morgan fingerprint density at radius 1 is 1.33 bits per heavy atom. The molecular weight excluding hydrogens is 334 g/mol. The normalized spacial score (nSPS) is 20.5. The van der Waals surface area contributed by atoms with Crippen molar-refractivity contribution in [1.82, 2.24) is 5.32 Å². The van der Waals surface area contributed by atoms with Gasteiger partial charge < -0.3 is 15.4 Å². The largest absolute Gasteiger partial charge is 0.444 e. The van der Waals surface area contributed by atoms with Crippen molar-refractivity contribution < 1.29 is 14.5 Å². The first-order valence-electron chi connectivity index (χ1n) is 7.84. The van der Waals surface area contributed by atoms with E-state index in [1.54, 1.807) is 6.07 Å². The number of nitrogens with one attached hydrogen (secondary N) is 2. The predicted molar refractivity (Wildman–Crippen MR) is 92.5 cm³/mol. The third-order valence-corrected chi connectivity index (χ3v) is 3.99. The van der Waals surface area contributed by atoms with Crippen LogP contribution in [0, 0.1) is 10.1 Å². The van der Waals surface area contributed by atoms with Crippen LogP contribution >= 0.6 is 11.6 Å². The Hall–Kier alpha value is -2.02. The van der Waals surface area contributed by atoms with E-state index in [1.165, 1.54) is 12.1 Å². The smallest absolute Gasteiger partial charge is 0.407 e. The molecule has 2 atom stereocenters. The summed E-state index contributed by atoms with van der Waals surface area (Å²) in [6.07, 6.45) is 2.03. The molecule has 2 rings (SSSR count). The second kappa shape index (κ2) is 7.25. The van der Waals surface area contributed by atoms with Crippen molar-refractivity contribution in [3.63, 3.8) is 0 Å². The second-order valence-electron chi connectivity index (χ2n) is 6.92. The minimum Gasteiger partial charge on any atom is -0.444 e. The van der Waals surface area contributed by atoms with E-state index in [2.05, 4.69) is 10.6 Å². The first-order valence-corrected chi connectivity index (χ1v) is 8.22. The number of nitrogens with zero attached hydrogens (tertiary/aromatic N) is 1. The number of rotatable bonds is 4. The van der Waals surface area contributed by atoms with Gasteiger partial charge in [0.05, 0.1) is 15.6 Å². The average molecular weight is 356 g/mol. The van der Waals surface area contributed by atoms with Crippen LogP contribution in [0.5, 0.6) is 0 Å². The molecule has 2 unspecified atom stereocenters. The number of hydrogen-bond donors (Lipinski definition) is 2. The lowest BCUT2D eigenvalue weighted by Crippen LogP contribution is -2.38. The van der Waals surface area contributed by atoms with E-state index in [-0.39, 0.29) is 17.8 Å². The number of amides is 1. The van der Waals surface area contributed by atoms with Gasteiger partial charge in [0.25, 0.3) is 5.69 Å². The number of anilines is 1.